The number of anilines is 1. The molecule has 0 bridgehead atoms. The number of sulfonamides is 1. The van der Waals surface area contributed by atoms with Gasteiger partial charge in [0.1, 0.15) is 5.82 Å². The van der Waals surface area contributed by atoms with Crippen molar-refractivity contribution >= 4 is 21.5 Å². The Labute approximate surface area is 181 Å². The lowest BCUT2D eigenvalue weighted by molar-refractivity contribution is 0.587. The molecule has 2 heterocycles. The molecule has 0 aliphatic rings. The Morgan fingerprint density at radius 3 is 2.29 bits per heavy atom. The molecule has 4 aromatic rings. The van der Waals surface area contributed by atoms with Crippen LogP contribution in [0, 0.1) is 11.3 Å². The number of fused-ring (bicyclic) bond motifs is 1. The van der Waals surface area contributed by atoms with Crippen molar-refractivity contribution in [3.63, 3.8) is 0 Å². The molecule has 2 aromatic carbocycles. The third kappa shape index (κ3) is 4.13. The van der Waals surface area contributed by atoms with Crippen LogP contribution >= 0.6 is 0 Å². The summed E-state index contributed by atoms with van der Waals surface area (Å²) in [6, 6.07) is 19.3. The van der Waals surface area contributed by atoms with Crippen molar-refractivity contribution in [1.29, 1.82) is 5.26 Å². The van der Waals surface area contributed by atoms with Crippen molar-refractivity contribution in [3.8, 4) is 17.3 Å². The van der Waals surface area contributed by atoms with Crippen LogP contribution in [0.2, 0.25) is 0 Å². The normalized spacial score (nSPS) is 11.9. The number of nitrogens with zero attached hydrogens (tertiary/aromatic N) is 4. The zero-order valence-corrected chi connectivity index (χ0v) is 18.2. The van der Waals surface area contributed by atoms with Crippen LogP contribution in [0.5, 0.6) is 0 Å². The predicted molar refractivity (Wildman–Crippen MR) is 119 cm³/mol. The molecule has 0 saturated heterocycles. The lowest BCUT2D eigenvalue weighted by atomic mass is 9.87. The Bertz CT molecular complexity index is 1390. The topological polar surface area (TPSA) is 100 Å². The van der Waals surface area contributed by atoms with Crippen LogP contribution in [-0.4, -0.2) is 23.0 Å². The molecule has 0 spiro atoms. The summed E-state index contributed by atoms with van der Waals surface area (Å²) in [5.41, 5.74) is 3.47. The molecule has 0 atom stereocenters. The van der Waals surface area contributed by atoms with Gasteiger partial charge in [-0.1, -0.05) is 45.0 Å². The molecule has 0 aliphatic carbocycles. The van der Waals surface area contributed by atoms with E-state index in [0.29, 0.717) is 16.9 Å². The van der Waals surface area contributed by atoms with E-state index in [1.165, 1.54) is 10.7 Å². The van der Waals surface area contributed by atoms with E-state index in [1.54, 1.807) is 48.5 Å². The highest BCUT2D eigenvalue weighted by molar-refractivity contribution is 7.92. The quantitative estimate of drug-likeness (QED) is 0.517. The Hall–Kier alpha value is -3.70. The molecule has 31 heavy (non-hydrogen) atoms. The molecule has 0 amide bonds. The highest BCUT2D eigenvalue weighted by Gasteiger charge is 2.19. The van der Waals surface area contributed by atoms with E-state index in [1.807, 2.05) is 12.1 Å². The molecule has 0 radical (unpaired) electrons. The van der Waals surface area contributed by atoms with Gasteiger partial charge in [-0.05, 0) is 41.3 Å². The van der Waals surface area contributed by atoms with Crippen molar-refractivity contribution in [3.05, 3.63) is 78.0 Å². The van der Waals surface area contributed by atoms with E-state index in [4.69, 9.17) is 5.26 Å². The van der Waals surface area contributed by atoms with Gasteiger partial charge >= 0.3 is 0 Å². The second-order valence-corrected chi connectivity index (χ2v) is 9.88. The van der Waals surface area contributed by atoms with E-state index < -0.39 is 10.0 Å². The summed E-state index contributed by atoms with van der Waals surface area (Å²) in [4.78, 5) is 4.45. The first-order chi connectivity index (χ1) is 14.7. The highest BCUT2D eigenvalue weighted by atomic mass is 32.2. The van der Waals surface area contributed by atoms with Crippen molar-refractivity contribution in [2.75, 3.05) is 4.72 Å². The second kappa shape index (κ2) is 7.52. The van der Waals surface area contributed by atoms with Gasteiger partial charge in [-0.3, -0.25) is 4.72 Å². The molecule has 0 fully saturated rings. The van der Waals surface area contributed by atoms with Gasteiger partial charge in [0.05, 0.1) is 22.2 Å². The monoisotopic (exact) mass is 431 g/mol. The summed E-state index contributed by atoms with van der Waals surface area (Å²) in [6.07, 6.45) is 1.53. The Kier molecular flexibility index (Phi) is 4.99. The molecule has 4 rings (SSSR count). The van der Waals surface area contributed by atoms with Crippen LogP contribution in [0.25, 0.3) is 16.9 Å². The standard InChI is InChI=1S/C23H21N5O2S/c1-23(2,3)18-8-10-19(11-9-18)31(29,30)27-21-12-13-25-22-14-20(26-28(21)22)17-6-4-16(15-24)5-7-17/h4-14,27H,1-3H3. The maximum Gasteiger partial charge on any atom is 0.263 e. The fourth-order valence-electron chi connectivity index (χ4n) is 3.16. The minimum absolute atomic E-state index is 0.0656. The molecule has 8 heteroatoms. The van der Waals surface area contributed by atoms with Gasteiger partial charge in [0.25, 0.3) is 10.0 Å². The Morgan fingerprint density at radius 1 is 1.00 bits per heavy atom. The van der Waals surface area contributed by atoms with Gasteiger partial charge in [-0.2, -0.15) is 14.9 Å². The minimum Gasteiger partial charge on any atom is -0.263 e. The van der Waals surface area contributed by atoms with Gasteiger partial charge in [0.15, 0.2) is 5.65 Å². The van der Waals surface area contributed by atoms with E-state index in [-0.39, 0.29) is 16.1 Å². The van der Waals surface area contributed by atoms with E-state index in [2.05, 4.69) is 41.6 Å². The summed E-state index contributed by atoms with van der Waals surface area (Å²) in [5.74, 6) is 0.282. The fourth-order valence-corrected chi connectivity index (χ4v) is 4.20. The van der Waals surface area contributed by atoms with Gasteiger partial charge in [-0.15, -0.1) is 0 Å². The van der Waals surface area contributed by atoms with Gasteiger partial charge < -0.3 is 0 Å². The lowest BCUT2D eigenvalue weighted by Gasteiger charge is -2.19. The molecule has 2 aromatic heterocycles. The largest absolute Gasteiger partial charge is 0.263 e. The lowest BCUT2D eigenvalue weighted by Crippen LogP contribution is -2.16. The van der Waals surface area contributed by atoms with Crippen molar-refractivity contribution in [2.45, 2.75) is 31.1 Å². The average Bonchev–Trinajstić information content (AvgIpc) is 3.18. The molecule has 1 N–H and O–H groups in total. The van der Waals surface area contributed by atoms with Gasteiger partial charge in [-0.25, -0.2) is 13.4 Å². The van der Waals surface area contributed by atoms with Crippen molar-refractivity contribution < 1.29 is 8.42 Å². The SMILES string of the molecule is CC(C)(C)c1ccc(S(=O)(=O)Nc2ccnc3cc(-c4ccc(C#N)cc4)nn23)cc1. The first-order valence-electron chi connectivity index (χ1n) is 9.66. The molecular formula is C23H21N5O2S. The van der Waals surface area contributed by atoms with Crippen LogP contribution in [0.15, 0.2) is 71.8 Å². The van der Waals surface area contributed by atoms with Crippen molar-refractivity contribution in [2.24, 2.45) is 0 Å². The zero-order valence-electron chi connectivity index (χ0n) is 17.4. The zero-order chi connectivity index (χ0) is 22.2. The number of nitriles is 1. The molecule has 0 unspecified atom stereocenters. The Balaban J connectivity index is 1.68. The molecule has 156 valence electrons. The molecule has 7 nitrogen and oxygen atoms in total. The number of benzene rings is 2. The van der Waals surface area contributed by atoms with Crippen LogP contribution in [0.1, 0.15) is 31.9 Å². The first-order valence-corrected chi connectivity index (χ1v) is 11.1. The van der Waals surface area contributed by atoms with Gasteiger partial charge in [0.2, 0.25) is 0 Å². The van der Waals surface area contributed by atoms with E-state index in [9.17, 15) is 8.42 Å². The number of rotatable bonds is 4. The third-order valence-electron chi connectivity index (χ3n) is 4.94. The predicted octanol–water partition coefficient (Wildman–Crippen LogP) is 4.37. The summed E-state index contributed by atoms with van der Waals surface area (Å²) in [5, 5.41) is 13.5. The first kappa shape index (κ1) is 20.6. The van der Waals surface area contributed by atoms with Gasteiger partial charge in [0, 0.05) is 17.8 Å². The van der Waals surface area contributed by atoms with Crippen LogP contribution in [-0.2, 0) is 15.4 Å². The minimum atomic E-state index is -3.81. The fraction of sp³-hybridized carbons (Fsp3) is 0.174. The summed E-state index contributed by atoms with van der Waals surface area (Å²) in [7, 11) is -3.81. The summed E-state index contributed by atoms with van der Waals surface area (Å²) >= 11 is 0. The maximum atomic E-state index is 13.0. The maximum absolute atomic E-state index is 13.0. The second-order valence-electron chi connectivity index (χ2n) is 8.20. The number of aromatic nitrogens is 3. The van der Waals surface area contributed by atoms with Crippen LogP contribution < -0.4 is 4.72 Å². The van der Waals surface area contributed by atoms with Crippen LogP contribution in [0.4, 0.5) is 5.82 Å². The summed E-state index contributed by atoms with van der Waals surface area (Å²) < 4.78 is 30.0. The molecular weight excluding hydrogens is 410 g/mol. The van der Waals surface area contributed by atoms with Crippen molar-refractivity contribution in [1.82, 2.24) is 14.6 Å². The van der Waals surface area contributed by atoms with E-state index in [0.717, 1.165) is 11.1 Å². The number of hydrogen-bond donors (Lipinski definition) is 1. The molecule has 0 saturated carbocycles. The summed E-state index contributed by atoms with van der Waals surface area (Å²) in [6.45, 7) is 6.23. The highest BCUT2D eigenvalue weighted by Crippen LogP contribution is 2.25. The average molecular weight is 432 g/mol. The molecule has 0 aliphatic heterocycles. The Morgan fingerprint density at radius 2 is 1.68 bits per heavy atom. The number of nitrogens with one attached hydrogen (secondary N) is 1. The number of hydrogen-bond acceptors (Lipinski definition) is 5. The van der Waals surface area contributed by atoms with E-state index >= 15 is 0 Å². The smallest absolute Gasteiger partial charge is 0.263 e. The third-order valence-corrected chi connectivity index (χ3v) is 6.31. The van der Waals surface area contributed by atoms with Crippen LogP contribution in [0.3, 0.4) is 0 Å².